The van der Waals surface area contributed by atoms with Crippen LogP contribution in [0.1, 0.15) is 18.2 Å². The van der Waals surface area contributed by atoms with Gasteiger partial charge in [0.05, 0.1) is 12.0 Å². The standard InChI is InChI=1S/C12H17N3S/c1-2-13-7-12-8-14-10-15(12)5-3-11-4-6-16-9-11/h4,6,8-10,13H,2-3,5,7H2,1H3. The van der Waals surface area contributed by atoms with E-state index in [1.807, 2.05) is 12.5 Å². The maximum atomic E-state index is 4.20. The van der Waals surface area contributed by atoms with Gasteiger partial charge in [0, 0.05) is 19.3 Å². The van der Waals surface area contributed by atoms with Crippen LogP contribution in [0.2, 0.25) is 0 Å². The molecule has 0 aliphatic carbocycles. The SMILES string of the molecule is CCNCc1cncn1CCc1ccsc1. The van der Waals surface area contributed by atoms with Gasteiger partial charge < -0.3 is 9.88 Å². The lowest BCUT2D eigenvalue weighted by atomic mass is 10.2. The predicted octanol–water partition coefficient (Wildman–Crippen LogP) is 2.30. The number of imidazole rings is 1. The number of rotatable bonds is 6. The first-order valence-corrected chi connectivity index (χ1v) is 6.55. The molecule has 2 aromatic heterocycles. The van der Waals surface area contributed by atoms with E-state index < -0.39 is 0 Å². The Bertz CT molecular complexity index is 406. The number of nitrogens with zero attached hydrogens (tertiary/aromatic N) is 2. The van der Waals surface area contributed by atoms with Crippen molar-refractivity contribution in [2.75, 3.05) is 6.54 Å². The molecule has 0 fully saturated rings. The number of hydrogen-bond acceptors (Lipinski definition) is 3. The molecule has 0 aromatic carbocycles. The smallest absolute Gasteiger partial charge is 0.0948 e. The van der Waals surface area contributed by atoms with Crippen molar-refractivity contribution < 1.29 is 0 Å². The zero-order valence-corrected chi connectivity index (χ0v) is 10.3. The fourth-order valence-corrected chi connectivity index (χ4v) is 2.34. The monoisotopic (exact) mass is 235 g/mol. The Morgan fingerprint density at radius 3 is 3.19 bits per heavy atom. The fraction of sp³-hybridized carbons (Fsp3) is 0.417. The van der Waals surface area contributed by atoms with E-state index in [2.05, 4.69) is 38.6 Å². The van der Waals surface area contributed by atoms with Crippen molar-refractivity contribution in [3.05, 3.63) is 40.6 Å². The largest absolute Gasteiger partial charge is 0.333 e. The summed E-state index contributed by atoms with van der Waals surface area (Å²) in [6.45, 7) is 5.03. The van der Waals surface area contributed by atoms with Crippen LogP contribution in [0, 0.1) is 0 Å². The van der Waals surface area contributed by atoms with E-state index in [9.17, 15) is 0 Å². The second-order valence-corrected chi connectivity index (χ2v) is 4.52. The zero-order valence-electron chi connectivity index (χ0n) is 9.52. The van der Waals surface area contributed by atoms with Gasteiger partial charge in [0.2, 0.25) is 0 Å². The van der Waals surface area contributed by atoms with E-state index in [1.165, 1.54) is 11.3 Å². The third kappa shape index (κ3) is 2.93. The normalized spacial score (nSPS) is 10.8. The Balaban J connectivity index is 1.91. The van der Waals surface area contributed by atoms with Crippen LogP contribution in [0.3, 0.4) is 0 Å². The topological polar surface area (TPSA) is 29.9 Å². The van der Waals surface area contributed by atoms with Gasteiger partial charge in [0.1, 0.15) is 0 Å². The van der Waals surface area contributed by atoms with Gasteiger partial charge in [-0.3, -0.25) is 0 Å². The van der Waals surface area contributed by atoms with Gasteiger partial charge in [0.15, 0.2) is 0 Å². The molecule has 86 valence electrons. The molecule has 0 aliphatic rings. The second kappa shape index (κ2) is 5.82. The van der Waals surface area contributed by atoms with Gasteiger partial charge >= 0.3 is 0 Å². The van der Waals surface area contributed by atoms with E-state index >= 15 is 0 Å². The van der Waals surface area contributed by atoms with Crippen molar-refractivity contribution in [2.24, 2.45) is 0 Å². The number of thiophene rings is 1. The Kier molecular flexibility index (Phi) is 4.13. The molecule has 0 saturated carbocycles. The van der Waals surface area contributed by atoms with Crippen molar-refractivity contribution in [3.8, 4) is 0 Å². The summed E-state index contributed by atoms with van der Waals surface area (Å²) in [5, 5.41) is 7.66. The maximum Gasteiger partial charge on any atom is 0.0948 e. The molecule has 0 atom stereocenters. The molecule has 0 spiro atoms. The minimum absolute atomic E-state index is 0.903. The van der Waals surface area contributed by atoms with Crippen LogP contribution in [0.25, 0.3) is 0 Å². The highest BCUT2D eigenvalue weighted by Crippen LogP contribution is 2.08. The Morgan fingerprint density at radius 2 is 2.44 bits per heavy atom. The van der Waals surface area contributed by atoms with Crippen molar-refractivity contribution >= 4 is 11.3 Å². The quantitative estimate of drug-likeness (QED) is 0.832. The molecule has 0 radical (unpaired) electrons. The lowest BCUT2D eigenvalue weighted by molar-refractivity contribution is 0.620. The molecule has 0 aliphatic heterocycles. The second-order valence-electron chi connectivity index (χ2n) is 3.74. The summed E-state index contributed by atoms with van der Waals surface area (Å²) in [5.74, 6) is 0. The number of aryl methyl sites for hydroxylation is 2. The summed E-state index contributed by atoms with van der Waals surface area (Å²) < 4.78 is 2.22. The molecule has 0 bridgehead atoms. The lowest BCUT2D eigenvalue weighted by Crippen LogP contribution is -2.15. The molecule has 0 amide bonds. The molecular weight excluding hydrogens is 218 g/mol. The van der Waals surface area contributed by atoms with Crippen molar-refractivity contribution in [3.63, 3.8) is 0 Å². The molecular formula is C12H17N3S. The highest BCUT2D eigenvalue weighted by atomic mass is 32.1. The minimum atomic E-state index is 0.903. The van der Waals surface area contributed by atoms with Gasteiger partial charge in [-0.2, -0.15) is 11.3 Å². The maximum absolute atomic E-state index is 4.20. The van der Waals surface area contributed by atoms with Gasteiger partial charge in [-0.15, -0.1) is 0 Å². The minimum Gasteiger partial charge on any atom is -0.333 e. The Labute approximate surface area is 100 Å². The van der Waals surface area contributed by atoms with Crippen molar-refractivity contribution in [1.29, 1.82) is 0 Å². The van der Waals surface area contributed by atoms with Crippen LogP contribution in [-0.4, -0.2) is 16.1 Å². The highest BCUT2D eigenvalue weighted by molar-refractivity contribution is 7.07. The average molecular weight is 235 g/mol. The highest BCUT2D eigenvalue weighted by Gasteiger charge is 2.01. The summed E-state index contributed by atoms with van der Waals surface area (Å²) in [6.07, 6.45) is 4.94. The van der Waals surface area contributed by atoms with Gasteiger partial charge in [-0.05, 0) is 35.4 Å². The molecule has 4 heteroatoms. The summed E-state index contributed by atoms with van der Waals surface area (Å²) in [6, 6.07) is 2.19. The summed E-state index contributed by atoms with van der Waals surface area (Å²) in [4.78, 5) is 4.20. The van der Waals surface area contributed by atoms with Crippen molar-refractivity contribution in [1.82, 2.24) is 14.9 Å². The van der Waals surface area contributed by atoms with Gasteiger partial charge in [-0.25, -0.2) is 4.98 Å². The van der Waals surface area contributed by atoms with E-state index in [0.717, 1.165) is 26.1 Å². The first-order chi connectivity index (χ1) is 7.90. The first-order valence-electron chi connectivity index (χ1n) is 5.61. The molecule has 0 unspecified atom stereocenters. The van der Waals surface area contributed by atoms with Crippen molar-refractivity contribution in [2.45, 2.75) is 26.4 Å². The van der Waals surface area contributed by atoms with Crippen LogP contribution in [0.15, 0.2) is 29.4 Å². The predicted molar refractivity (Wildman–Crippen MR) is 67.6 cm³/mol. The van der Waals surface area contributed by atoms with Crippen LogP contribution in [0.5, 0.6) is 0 Å². The zero-order chi connectivity index (χ0) is 11.2. The van der Waals surface area contributed by atoms with Crippen LogP contribution in [-0.2, 0) is 19.5 Å². The van der Waals surface area contributed by atoms with Gasteiger partial charge in [0.25, 0.3) is 0 Å². The number of aromatic nitrogens is 2. The third-order valence-electron chi connectivity index (χ3n) is 2.58. The Morgan fingerprint density at radius 1 is 1.50 bits per heavy atom. The molecule has 2 heterocycles. The molecule has 16 heavy (non-hydrogen) atoms. The molecule has 2 aromatic rings. The van der Waals surface area contributed by atoms with Crippen LogP contribution >= 0.6 is 11.3 Å². The molecule has 2 rings (SSSR count). The Hall–Kier alpha value is -1.13. The van der Waals surface area contributed by atoms with E-state index in [1.54, 1.807) is 11.3 Å². The van der Waals surface area contributed by atoms with E-state index in [0.29, 0.717) is 0 Å². The fourth-order valence-electron chi connectivity index (χ4n) is 1.63. The number of hydrogen-bond donors (Lipinski definition) is 1. The lowest BCUT2D eigenvalue weighted by Gasteiger charge is -2.07. The molecule has 1 N–H and O–H groups in total. The van der Waals surface area contributed by atoms with Crippen LogP contribution in [0.4, 0.5) is 0 Å². The van der Waals surface area contributed by atoms with E-state index in [-0.39, 0.29) is 0 Å². The number of nitrogens with one attached hydrogen (secondary N) is 1. The van der Waals surface area contributed by atoms with Gasteiger partial charge in [-0.1, -0.05) is 6.92 Å². The molecule has 3 nitrogen and oxygen atoms in total. The summed E-state index contributed by atoms with van der Waals surface area (Å²) in [7, 11) is 0. The first kappa shape index (κ1) is 11.4. The summed E-state index contributed by atoms with van der Waals surface area (Å²) >= 11 is 1.76. The average Bonchev–Trinajstić information content (AvgIpc) is 2.94. The van der Waals surface area contributed by atoms with Crippen LogP contribution < -0.4 is 5.32 Å². The third-order valence-corrected chi connectivity index (χ3v) is 3.31. The summed E-state index contributed by atoms with van der Waals surface area (Å²) in [5.41, 5.74) is 2.67. The van der Waals surface area contributed by atoms with E-state index in [4.69, 9.17) is 0 Å². The molecule has 0 saturated heterocycles.